The van der Waals surface area contributed by atoms with Crippen molar-refractivity contribution in [1.82, 2.24) is 5.32 Å². The van der Waals surface area contributed by atoms with Gasteiger partial charge in [-0.15, -0.1) is 0 Å². The van der Waals surface area contributed by atoms with Crippen molar-refractivity contribution < 1.29 is 24.6 Å². The number of nitrogens with one attached hydrogen (secondary N) is 2. The Morgan fingerprint density at radius 3 is 2.15 bits per heavy atom. The third-order valence-corrected chi connectivity index (χ3v) is 3.51. The minimum Gasteiger partial charge on any atom is -0.481 e. The van der Waals surface area contributed by atoms with Crippen LogP contribution in [0.25, 0.3) is 0 Å². The summed E-state index contributed by atoms with van der Waals surface area (Å²) in [7, 11) is 0. The number of hydrogen-bond acceptors (Lipinski definition) is 3. The van der Waals surface area contributed by atoms with Gasteiger partial charge in [-0.3, -0.25) is 4.79 Å². The SMILES string of the molecule is O=C(O)C[C@@H](NC(=O)Nc1c(Br)cccc1Br)C(=O)O. The summed E-state index contributed by atoms with van der Waals surface area (Å²) in [6.07, 6.45) is -0.708. The third kappa shape index (κ3) is 4.82. The summed E-state index contributed by atoms with van der Waals surface area (Å²) in [5, 5.41) is 21.9. The summed E-state index contributed by atoms with van der Waals surface area (Å²) in [4.78, 5) is 33.0. The Morgan fingerprint density at radius 1 is 1.15 bits per heavy atom. The lowest BCUT2D eigenvalue weighted by atomic mass is 10.2. The molecule has 0 unspecified atom stereocenters. The third-order valence-electron chi connectivity index (χ3n) is 2.18. The second kappa shape index (κ2) is 7.25. The smallest absolute Gasteiger partial charge is 0.326 e. The van der Waals surface area contributed by atoms with E-state index in [-0.39, 0.29) is 0 Å². The molecule has 2 amide bonds. The number of carbonyl (C=O) groups is 3. The Balaban J connectivity index is 2.76. The van der Waals surface area contributed by atoms with Gasteiger partial charge in [0.05, 0.1) is 12.1 Å². The molecule has 0 aliphatic rings. The Hall–Kier alpha value is -1.61. The summed E-state index contributed by atoms with van der Waals surface area (Å²) in [6.45, 7) is 0. The molecule has 0 aromatic heterocycles. The molecule has 9 heteroatoms. The molecular formula is C11H10Br2N2O5. The van der Waals surface area contributed by atoms with Gasteiger partial charge in [0.2, 0.25) is 0 Å². The summed E-state index contributed by atoms with van der Waals surface area (Å²) in [5.74, 6) is -2.74. The van der Waals surface area contributed by atoms with E-state index in [9.17, 15) is 14.4 Å². The lowest BCUT2D eigenvalue weighted by molar-refractivity contribution is -0.145. The summed E-state index contributed by atoms with van der Waals surface area (Å²) >= 11 is 6.46. The molecule has 1 aromatic carbocycles. The highest BCUT2D eigenvalue weighted by molar-refractivity contribution is 9.11. The zero-order valence-corrected chi connectivity index (χ0v) is 13.1. The number of urea groups is 1. The number of carboxylic acids is 2. The number of anilines is 1. The first-order chi connectivity index (χ1) is 9.31. The quantitative estimate of drug-likeness (QED) is 0.595. The number of carbonyl (C=O) groups excluding carboxylic acids is 1. The van der Waals surface area contributed by atoms with Gasteiger partial charge in [-0.25, -0.2) is 9.59 Å². The van der Waals surface area contributed by atoms with Gasteiger partial charge in [-0.1, -0.05) is 6.07 Å². The van der Waals surface area contributed by atoms with Gasteiger partial charge in [0.15, 0.2) is 0 Å². The largest absolute Gasteiger partial charge is 0.481 e. The molecule has 1 atom stereocenters. The van der Waals surface area contributed by atoms with Gasteiger partial charge in [-0.2, -0.15) is 0 Å². The Kier molecular flexibility index (Phi) is 5.96. The van der Waals surface area contributed by atoms with Crippen LogP contribution in [-0.2, 0) is 9.59 Å². The van der Waals surface area contributed by atoms with Crippen LogP contribution in [0, 0.1) is 0 Å². The normalized spacial score (nSPS) is 11.5. The first-order valence-corrected chi connectivity index (χ1v) is 6.86. The zero-order valence-electron chi connectivity index (χ0n) is 9.89. The summed E-state index contributed by atoms with van der Waals surface area (Å²) < 4.78 is 1.18. The number of aliphatic carboxylic acids is 2. The van der Waals surface area contributed by atoms with E-state index in [2.05, 4.69) is 42.5 Å². The molecule has 0 saturated heterocycles. The van der Waals surface area contributed by atoms with Gasteiger partial charge >= 0.3 is 18.0 Å². The zero-order chi connectivity index (χ0) is 15.3. The molecule has 4 N–H and O–H groups in total. The molecular weight excluding hydrogens is 400 g/mol. The predicted molar refractivity (Wildman–Crippen MR) is 77.7 cm³/mol. The van der Waals surface area contributed by atoms with E-state index >= 15 is 0 Å². The maximum absolute atomic E-state index is 11.7. The van der Waals surface area contributed by atoms with Crippen LogP contribution in [0.15, 0.2) is 27.1 Å². The minimum absolute atomic E-state index is 0.407. The van der Waals surface area contributed by atoms with Crippen molar-refractivity contribution in [3.05, 3.63) is 27.1 Å². The molecule has 1 aromatic rings. The molecule has 7 nitrogen and oxygen atoms in total. The molecule has 0 aliphatic carbocycles. The second-order valence-corrected chi connectivity index (χ2v) is 5.39. The molecule has 0 aliphatic heterocycles. The average molecular weight is 410 g/mol. The summed E-state index contributed by atoms with van der Waals surface area (Å²) in [5.41, 5.74) is 0.407. The van der Waals surface area contributed by atoms with Crippen molar-refractivity contribution in [3.63, 3.8) is 0 Å². The molecule has 1 rings (SSSR count). The van der Waals surface area contributed by atoms with E-state index < -0.39 is 30.4 Å². The topological polar surface area (TPSA) is 116 Å². The van der Waals surface area contributed by atoms with Gasteiger partial charge in [-0.05, 0) is 44.0 Å². The number of benzene rings is 1. The highest BCUT2D eigenvalue weighted by Crippen LogP contribution is 2.30. The Morgan fingerprint density at radius 2 is 1.70 bits per heavy atom. The molecule has 0 bridgehead atoms. The van der Waals surface area contributed by atoms with Gasteiger partial charge in [0, 0.05) is 8.95 Å². The van der Waals surface area contributed by atoms with Crippen LogP contribution in [0.5, 0.6) is 0 Å². The van der Waals surface area contributed by atoms with Gasteiger partial charge in [0.1, 0.15) is 6.04 Å². The highest BCUT2D eigenvalue weighted by atomic mass is 79.9. The fourth-order valence-electron chi connectivity index (χ4n) is 1.30. The maximum atomic E-state index is 11.7. The number of halogens is 2. The van der Waals surface area contributed by atoms with E-state index in [0.29, 0.717) is 14.6 Å². The number of rotatable bonds is 5. The second-order valence-electron chi connectivity index (χ2n) is 3.68. The fourth-order valence-corrected chi connectivity index (χ4v) is 2.50. The van der Waals surface area contributed by atoms with Crippen LogP contribution >= 0.6 is 31.9 Å². The van der Waals surface area contributed by atoms with E-state index in [1.807, 2.05) is 0 Å². The van der Waals surface area contributed by atoms with E-state index in [1.54, 1.807) is 18.2 Å². The van der Waals surface area contributed by atoms with Crippen LogP contribution in [-0.4, -0.2) is 34.2 Å². The maximum Gasteiger partial charge on any atom is 0.326 e. The Labute approximate surface area is 130 Å². The first kappa shape index (κ1) is 16.4. The molecule has 20 heavy (non-hydrogen) atoms. The molecule has 0 fully saturated rings. The molecule has 0 radical (unpaired) electrons. The van der Waals surface area contributed by atoms with Crippen molar-refractivity contribution >= 4 is 55.5 Å². The standard InChI is InChI=1S/C11H10Br2N2O5/c12-5-2-1-3-6(13)9(5)15-11(20)14-7(10(18)19)4-8(16)17/h1-3,7H,4H2,(H,16,17)(H,18,19)(H2,14,15,20)/t7-/m1/s1. The lowest BCUT2D eigenvalue weighted by Crippen LogP contribution is -2.44. The van der Waals surface area contributed by atoms with Gasteiger partial charge < -0.3 is 20.8 Å². The first-order valence-electron chi connectivity index (χ1n) is 5.27. The van der Waals surface area contributed by atoms with E-state index in [0.717, 1.165) is 0 Å². The lowest BCUT2D eigenvalue weighted by Gasteiger charge is -2.14. The summed E-state index contributed by atoms with van der Waals surface area (Å²) in [6, 6.07) is 2.79. The molecule has 0 heterocycles. The number of hydrogen-bond donors (Lipinski definition) is 4. The van der Waals surface area contributed by atoms with Crippen LogP contribution < -0.4 is 10.6 Å². The monoisotopic (exact) mass is 408 g/mol. The van der Waals surface area contributed by atoms with Crippen LogP contribution in [0.2, 0.25) is 0 Å². The highest BCUT2D eigenvalue weighted by Gasteiger charge is 2.23. The van der Waals surface area contributed by atoms with E-state index in [1.165, 1.54) is 0 Å². The van der Waals surface area contributed by atoms with Gasteiger partial charge in [0.25, 0.3) is 0 Å². The predicted octanol–water partition coefficient (Wildman–Crippen LogP) is 2.26. The van der Waals surface area contributed by atoms with Crippen LogP contribution in [0.3, 0.4) is 0 Å². The van der Waals surface area contributed by atoms with E-state index in [4.69, 9.17) is 10.2 Å². The van der Waals surface area contributed by atoms with Crippen molar-refractivity contribution in [2.75, 3.05) is 5.32 Å². The van der Waals surface area contributed by atoms with Crippen molar-refractivity contribution in [2.24, 2.45) is 0 Å². The van der Waals surface area contributed by atoms with Crippen molar-refractivity contribution in [3.8, 4) is 0 Å². The molecule has 0 saturated carbocycles. The fraction of sp³-hybridized carbons (Fsp3) is 0.182. The Bertz CT molecular complexity index is 529. The molecule has 108 valence electrons. The van der Waals surface area contributed by atoms with Crippen LogP contribution in [0.1, 0.15) is 6.42 Å². The average Bonchev–Trinajstić information content (AvgIpc) is 2.32. The van der Waals surface area contributed by atoms with Crippen molar-refractivity contribution in [1.29, 1.82) is 0 Å². The number of para-hydroxylation sites is 1. The number of carboxylic acid groups (broad SMARTS) is 2. The number of amides is 2. The molecule has 0 spiro atoms. The van der Waals surface area contributed by atoms with Crippen LogP contribution in [0.4, 0.5) is 10.5 Å². The van der Waals surface area contributed by atoms with Crippen molar-refractivity contribution in [2.45, 2.75) is 12.5 Å². The minimum atomic E-state index is -1.51.